The molecule has 1 aromatic heterocycles. The molecule has 0 unspecified atom stereocenters. The monoisotopic (exact) mass is 384 g/mol. The number of rotatable bonds is 7. The number of nitrogens with zero attached hydrogens (tertiary/aromatic N) is 3. The van der Waals surface area contributed by atoms with Gasteiger partial charge in [-0.1, -0.05) is 48.2 Å². The molecular formula is C18H16N4O4S. The van der Waals surface area contributed by atoms with E-state index in [0.29, 0.717) is 5.56 Å². The topological polar surface area (TPSA) is 111 Å². The molecule has 0 aliphatic rings. The fraction of sp³-hybridized carbons (Fsp3) is 0.167. The summed E-state index contributed by atoms with van der Waals surface area (Å²) in [5, 5.41) is 21.7. The predicted octanol–water partition coefficient (Wildman–Crippen LogP) is 3.61. The molecule has 27 heavy (non-hydrogen) atoms. The third-order valence-electron chi connectivity index (χ3n) is 3.71. The lowest BCUT2D eigenvalue weighted by Crippen LogP contribution is -2.28. The number of nitro groups is 1. The Morgan fingerprint density at radius 3 is 2.74 bits per heavy atom. The van der Waals surface area contributed by atoms with Gasteiger partial charge >= 0.3 is 0 Å². The quantitative estimate of drug-likeness (QED) is 0.376. The van der Waals surface area contributed by atoms with E-state index in [-0.39, 0.29) is 34.5 Å². The molecule has 0 radical (unpaired) electrons. The van der Waals surface area contributed by atoms with Crippen LogP contribution < -0.4 is 5.32 Å². The molecule has 0 saturated heterocycles. The lowest BCUT2D eigenvalue weighted by atomic mass is 10.1. The second-order valence-electron chi connectivity index (χ2n) is 5.67. The maximum atomic E-state index is 12.1. The zero-order chi connectivity index (χ0) is 19.2. The third kappa shape index (κ3) is 4.91. The van der Waals surface area contributed by atoms with Gasteiger partial charge in [0.25, 0.3) is 10.9 Å². The van der Waals surface area contributed by atoms with Crippen molar-refractivity contribution < 1.29 is 14.1 Å². The Morgan fingerprint density at radius 1 is 1.22 bits per heavy atom. The van der Waals surface area contributed by atoms with Crippen molar-refractivity contribution in [2.75, 3.05) is 5.75 Å². The number of nitrogens with one attached hydrogen (secondary N) is 1. The molecular weight excluding hydrogens is 368 g/mol. The van der Waals surface area contributed by atoms with Crippen molar-refractivity contribution in [1.82, 2.24) is 15.5 Å². The van der Waals surface area contributed by atoms with Gasteiger partial charge in [-0.25, -0.2) is 0 Å². The van der Waals surface area contributed by atoms with Gasteiger partial charge in [0.15, 0.2) is 0 Å². The molecule has 0 fully saturated rings. The molecule has 9 heteroatoms. The van der Waals surface area contributed by atoms with Gasteiger partial charge in [0.2, 0.25) is 11.8 Å². The average molecular weight is 384 g/mol. The maximum absolute atomic E-state index is 12.1. The number of benzene rings is 2. The number of thioether (sulfide) groups is 1. The first-order valence-electron chi connectivity index (χ1n) is 8.08. The van der Waals surface area contributed by atoms with Gasteiger partial charge in [0.1, 0.15) is 0 Å². The van der Waals surface area contributed by atoms with Gasteiger partial charge < -0.3 is 9.73 Å². The van der Waals surface area contributed by atoms with E-state index in [1.54, 1.807) is 12.1 Å². The summed E-state index contributed by atoms with van der Waals surface area (Å²) in [5.41, 5.74) is 1.40. The number of carbonyl (C=O) groups is 1. The first-order chi connectivity index (χ1) is 13.0. The lowest BCUT2D eigenvalue weighted by Gasteiger charge is -2.13. The smallest absolute Gasteiger partial charge is 0.277 e. The number of hydrogen-bond acceptors (Lipinski definition) is 7. The van der Waals surface area contributed by atoms with Crippen LogP contribution in [0, 0.1) is 10.1 Å². The van der Waals surface area contributed by atoms with Crippen molar-refractivity contribution in [2.45, 2.75) is 18.2 Å². The molecule has 0 aliphatic carbocycles. The molecule has 0 spiro atoms. The Hall–Kier alpha value is -3.20. The zero-order valence-electron chi connectivity index (χ0n) is 14.4. The van der Waals surface area contributed by atoms with Gasteiger partial charge in [-0.15, -0.1) is 10.2 Å². The van der Waals surface area contributed by atoms with Crippen LogP contribution in [0.2, 0.25) is 0 Å². The molecule has 1 atom stereocenters. The summed E-state index contributed by atoms with van der Waals surface area (Å²) in [5.74, 6) is 0.124. The number of non-ortho nitro benzene ring substituents is 1. The maximum Gasteiger partial charge on any atom is 0.277 e. The summed E-state index contributed by atoms with van der Waals surface area (Å²) in [6.45, 7) is 1.91. The fourth-order valence-electron chi connectivity index (χ4n) is 2.37. The Kier molecular flexibility index (Phi) is 5.82. The van der Waals surface area contributed by atoms with Gasteiger partial charge in [-0.2, -0.15) is 0 Å². The van der Waals surface area contributed by atoms with E-state index in [1.165, 1.54) is 12.1 Å². The van der Waals surface area contributed by atoms with Crippen LogP contribution in [-0.4, -0.2) is 26.8 Å². The lowest BCUT2D eigenvalue weighted by molar-refractivity contribution is -0.384. The van der Waals surface area contributed by atoms with Gasteiger partial charge in [-0.3, -0.25) is 14.9 Å². The number of nitro benzene ring substituents is 1. The van der Waals surface area contributed by atoms with Gasteiger partial charge in [0, 0.05) is 17.7 Å². The fourth-order valence-corrected chi connectivity index (χ4v) is 2.95. The summed E-state index contributed by atoms with van der Waals surface area (Å²) in [7, 11) is 0. The van der Waals surface area contributed by atoms with Crippen LogP contribution in [0.5, 0.6) is 0 Å². The van der Waals surface area contributed by atoms with E-state index in [4.69, 9.17) is 4.42 Å². The predicted molar refractivity (Wildman–Crippen MR) is 100 cm³/mol. The van der Waals surface area contributed by atoms with Gasteiger partial charge in [0.05, 0.1) is 16.7 Å². The largest absolute Gasteiger partial charge is 0.411 e. The molecule has 0 aliphatic heterocycles. The van der Waals surface area contributed by atoms with E-state index in [9.17, 15) is 14.9 Å². The third-order valence-corrected chi connectivity index (χ3v) is 4.53. The second kappa shape index (κ2) is 8.45. The van der Waals surface area contributed by atoms with Crippen molar-refractivity contribution in [1.29, 1.82) is 0 Å². The van der Waals surface area contributed by atoms with Crippen LogP contribution in [0.1, 0.15) is 18.5 Å². The second-order valence-corrected chi connectivity index (χ2v) is 6.60. The first kappa shape index (κ1) is 18.6. The summed E-state index contributed by atoms with van der Waals surface area (Å²) < 4.78 is 5.48. The van der Waals surface area contributed by atoms with E-state index >= 15 is 0 Å². The van der Waals surface area contributed by atoms with Crippen molar-refractivity contribution in [3.05, 3.63) is 70.3 Å². The van der Waals surface area contributed by atoms with Crippen molar-refractivity contribution >= 4 is 23.4 Å². The Morgan fingerprint density at radius 2 is 2.00 bits per heavy atom. The Labute approximate surface area is 159 Å². The Bertz CT molecular complexity index is 945. The molecule has 1 amide bonds. The summed E-state index contributed by atoms with van der Waals surface area (Å²) in [6, 6.07) is 15.5. The van der Waals surface area contributed by atoms with E-state index < -0.39 is 4.92 Å². The highest BCUT2D eigenvalue weighted by molar-refractivity contribution is 7.99. The van der Waals surface area contributed by atoms with E-state index in [1.807, 2.05) is 37.3 Å². The average Bonchev–Trinajstić information content (AvgIpc) is 3.16. The highest BCUT2D eigenvalue weighted by Crippen LogP contribution is 2.25. The first-order valence-corrected chi connectivity index (χ1v) is 9.07. The van der Waals surface area contributed by atoms with Crippen LogP contribution in [0.25, 0.3) is 11.5 Å². The van der Waals surface area contributed by atoms with E-state index in [0.717, 1.165) is 17.3 Å². The minimum atomic E-state index is -0.492. The highest BCUT2D eigenvalue weighted by Gasteiger charge is 2.15. The zero-order valence-corrected chi connectivity index (χ0v) is 15.2. The number of hydrogen-bond donors (Lipinski definition) is 1. The molecule has 1 heterocycles. The minimum Gasteiger partial charge on any atom is -0.411 e. The van der Waals surface area contributed by atoms with Crippen molar-refractivity contribution in [2.24, 2.45) is 0 Å². The molecule has 0 saturated carbocycles. The molecule has 3 rings (SSSR count). The number of carbonyl (C=O) groups excluding carboxylic acids is 1. The molecule has 1 N–H and O–H groups in total. The standard InChI is InChI=1S/C18H16N4O4S/c1-12(13-6-3-2-4-7-13)19-16(23)11-27-18-21-20-17(26-18)14-8-5-9-15(10-14)22(24)25/h2-10,12H,11H2,1H3,(H,19,23)/t12-/m1/s1. The summed E-state index contributed by atoms with van der Waals surface area (Å²) in [6.07, 6.45) is 0. The van der Waals surface area contributed by atoms with Crippen LogP contribution >= 0.6 is 11.8 Å². The SMILES string of the molecule is C[C@@H](NC(=O)CSc1nnc(-c2cccc([N+](=O)[O-])c2)o1)c1ccccc1. The van der Waals surface area contributed by atoms with Crippen molar-refractivity contribution in [3.8, 4) is 11.5 Å². The highest BCUT2D eigenvalue weighted by atomic mass is 32.2. The van der Waals surface area contributed by atoms with Crippen LogP contribution in [0.4, 0.5) is 5.69 Å². The van der Waals surface area contributed by atoms with Crippen LogP contribution in [0.15, 0.2) is 64.2 Å². The van der Waals surface area contributed by atoms with Crippen molar-refractivity contribution in [3.63, 3.8) is 0 Å². The molecule has 2 aromatic carbocycles. The van der Waals surface area contributed by atoms with Gasteiger partial charge in [-0.05, 0) is 18.6 Å². The molecule has 3 aromatic rings. The number of aromatic nitrogens is 2. The molecule has 0 bridgehead atoms. The molecule has 138 valence electrons. The minimum absolute atomic E-state index is 0.0609. The summed E-state index contributed by atoms with van der Waals surface area (Å²) >= 11 is 1.11. The van der Waals surface area contributed by atoms with Crippen LogP contribution in [-0.2, 0) is 4.79 Å². The normalized spacial score (nSPS) is 11.7. The number of amides is 1. The van der Waals surface area contributed by atoms with E-state index in [2.05, 4.69) is 15.5 Å². The summed E-state index contributed by atoms with van der Waals surface area (Å²) in [4.78, 5) is 22.5. The van der Waals surface area contributed by atoms with Crippen LogP contribution in [0.3, 0.4) is 0 Å². The molecule has 8 nitrogen and oxygen atoms in total. The Balaban J connectivity index is 1.57.